The molecule has 1 aromatic carbocycles. The zero-order valence-corrected chi connectivity index (χ0v) is 18.5. The van der Waals surface area contributed by atoms with Crippen molar-refractivity contribution in [1.29, 1.82) is 0 Å². The van der Waals surface area contributed by atoms with E-state index in [4.69, 9.17) is 0 Å². The predicted octanol–water partition coefficient (Wildman–Crippen LogP) is 3.87. The zero-order valence-electron chi connectivity index (χ0n) is 16.2. The summed E-state index contributed by atoms with van der Waals surface area (Å²) in [4.78, 5) is 7.09. The number of nitrogens with zero attached hydrogens (tertiary/aromatic N) is 2. The van der Waals surface area contributed by atoms with Crippen LogP contribution in [0.1, 0.15) is 56.4 Å². The van der Waals surface area contributed by atoms with Gasteiger partial charge in [0.2, 0.25) is 0 Å². The van der Waals surface area contributed by atoms with Gasteiger partial charge < -0.3 is 15.5 Å². The molecule has 0 radical (unpaired) electrons. The van der Waals surface area contributed by atoms with Crippen LogP contribution in [-0.2, 0) is 0 Å². The predicted molar refractivity (Wildman–Crippen MR) is 119 cm³/mol. The van der Waals surface area contributed by atoms with Crippen LogP contribution in [0.4, 0.5) is 4.39 Å². The normalized spacial score (nSPS) is 27.3. The van der Waals surface area contributed by atoms with Gasteiger partial charge in [0.1, 0.15) is 5.82 Å². The molecule has 2 unspecified atom stereocenters. The van der Waals surface area contributed by atoms with Gasteiger partial charge >= 0.3 is 0 Å². The fourth-order valence-corrected chi connectivity index (χ4v) is 4.69. The average molecular weight is 486 g/mol. The molecule has 27 heavy (non-hydrogen) atoms. The maximum atomic E-state index is 13.9. The van der Waals surface area contributed by atoms with Crippen molar-refractivity contribution in [3.63, 3.8) is 0 Å². The second-order valence-electron chi connectivity index (χ2n) is 8.08. The Bertz CT molecular complexity index is 639. The number of hydrogen-bond acceptors (Lipinski definition) is 2. The lowest BCUT2D eigenvalue weighted by Gasteiger charge is -2.36. The first-order valence-corrected chi connectivity index (χ1v) is 10.2. The van der Waals surface area contributed by atoms with Crippen molar-refractivity contribution in [2.45, 2.75) is 69.0 Å². The van der Waals surface area contributed by atoms with Crippen molar-refractivity contribution in [1.82, 2.24) is 15.5 Å². The molecule has 1 saturated heterocycles. The van der Waals surface area contributed by atoms with E-state index in [1.807, 2.05) is 19.2 Å². The largest absolute Gasteiger partial charge is 0.354 e. The van der Waals surface area contributed by atoms with Crippen molar-refractivity contribution < 1.29 is 4.39 Å². The van der Waals surface area contributed by atoms with Crippen LogP contribution in [0.25, 0.3) is 0 Å². The lowest BCUT2D eigenvalue weighted by molar-refractivity contribution is 0.150. The van der Waals surface area contributed by atoms with Crippen LogP contribution in [-0.4, -0.2) is 49.1 Å². The van der Waals surface area contributed by atoms with Gasteiger partial charge in [0, 0.05) is 44.2 Å². The fourth-order valence-electron chi connectivity index (χ4n) is 4.69. The molecular weight excluding hydrogens is 454 g/mol. The summed E-state index contributed by atoms with van der Waals surface area (Å²) in [6.07, 6.45) is 8.92. The van der Waals surface area contributed by atoms with Crippen LogP contribution in [0.5, 0.6) is 0 Å². The summed E-state index contributed by atoms with van der Waals surface area (Å²) in [7, 11) is 1.82. The Morgan fingerprint density at radius 2 is 1.78 bits per heavy atom. The van der Waals surface area contributed by atoms with Gasteiger partial charge in [-0.1, -0.05) is 31.0 Å². The molecule has 1 heterocycles. The maximum absolute atomic E-state index is 13.9. The summed E-state index contributed by atoms with van der Waals surface area (Å²) in [5, 5.41) is 7.08. The van der Waals surface area contributed by atoms with Crippen LogP contribution in [0.15, 0.2) is 29.3 Å². The van der Waals surface area contributed by atoms with Gasteiger partial charge in [0.25, 0.3) is 0 Å². The Kier molecular flexibility index (Phi) is 7.36. The van der Waals surface area contributed by atoms with Crippen molar-refractivity contribution in [3.8, 4) is 0 Å². The standard InChI is InChI=1S/C21H31FN4.HI/c1-23-21(25-20-14-18(20)17-8-4-5-9-19(17)22)24-15-10-12-26(13-11-15)16-6-2-3-7-16;/h4-5,8-9,15-16,18,20H,2-3,6-7,10-14H2,1H3,(H2,23,24,25);1H. The summed E-state index contributed by atoms with van der Waals surface area (Å²) in [5.41, 5.74) is 0.824. The molecule has 0 aromatic heterocycles. The molecule has 0 spiro atoms. The molecule has 1 aromatic rings. The Morgan fingerprint density at radius 1 is 1.07 bits per heavy atom. The minimum atomic E-state index is -0.0935. The van der Waals surface area contributed by atoms with E-state index < -0.39 is 0 Å². The number of piperidine rings is 1. The molecule has 4 nitrogen and oxygen atoms in total. The molecule has 2 N–H and O–H groups in total. The highest BCUT2D eigenvalue weighted by molar-refractivity contribution is 14.0. The summed E-state index contributed by atoms with van der Waals surface area (Å²) in [5.74, 6) is 1.04. The van der Waals surface area contributed by atoms with Gasteiger partial charge in [-0.2, -0.15) is 0 Å². The third-order valence-corrected chi connectivity index (χ3v) is 6.35. The molecule has 3 aliphatic rings. The van der Waals surface area contributed by atoms with E-state index in [-0.39, 0.29) is 41.8 Å². The van der Waals surface area contributed by atoms with Crippen LogP contribution in [0, 0.1) is 5.82 Å². The lowest BCUT2D eigenvalue weighted by Crippen LogP contribution is -2.50. The summed E-state index contributed by atoms with van der Waals surface area (Å²) in [6.45, 7) is 2.39. The number of halogens is 2. The highest BCUT2D eigenvalue weighted by Crippen LogP contribution is 2.41. The first-order chi connectivity index (χ1) is 12.7. The van der Waals surface area contributed by atoms with Gasteiger partial charge in [-0.05, 0) is 43.7 Å². The van der Waals surface area contributed by atoms with E-state index in [2.05, 4.69) is 20.5 Å². The molecule has 2 saturated carbocycles. The minimum Gasteiger partial charge on any atom is -0.354 e. The SMILES string of the molecule is CN=C(NC1CCN(C2CCCC2)CC1)NC1CC1c1ccccc1F.I. The molecule has 0 bridgehead atoms. The van der Waals surface area contributed by atoms with Gasteiger partial charge in [-0.15, -0.1) is 24.0 Å². The van der Waals surface area contributed by atoms with Crippen molar-refractivity contribution in [2.24, 2.45) is 4.99 Å². The average Bonchev–Trinajstić information content (AvgIpc) is 3.20. The monoisotopic (exact) mass is 486 g/mol. The van der Waals surface area contributed by atoms with Crippen molar-refractivity contribution in [3.05, 3.63) is 35.6 Å². The fraction of sp³-hybridized carbons (Fsp3) is 0.667. The molecule has 6 heteroatoms. The van der Waals surface area contributed by atoms with Gasteiger partial charge in [0.05, 0.1) is 0 Å². The Balaban J connectivity index is 0.00000210. The summed E-state index contributed by atoms with van der Waals surface area (Å²) < 4.78 is 13.9. The second kappa shape index (κ2) is 9.54. The molecule has 0 amide bonds. The number of likely N-dealkylation sites (tertiary alicyclic amines) is 1. The maximum Gasteiger partial charge on any atom is 0.191 e. The van der Waals surface area contributed by atoms with Crippen LogP contribution >= 0.6 is 24.0 Å². The van der Waals surface area contributed by atoms with Crippen LogP contribution < -0.4 is 10.6 Å². The second-order valence-corrected chi connectivity index (χ2v) is 8.08. The first kappa shape index (κ1) is 20.8. The molecule has 4 rings (SSSR count). The van der Waals surface area contributed by atoms with Crippen molar-refractivity contribution in [2.75, 3.05) is 20.1 Å². The van der Waals surface area contributed by atoms with E-state index in [1.165, 1.54) is 51.6 Å². The number of rotatable bonds is 4. The topological polar surface area (TPSA) is 39.7 Å². The molecule has 150 valence electrons. The van der Waals surface area contributed by atoms with E-state index in [0.717, 1.165) is 24.0 Å². The molecule has 3 fully saturated rings. The van der Waals surface area contributed by atoms with E-state index >= 15 is 0 Å². The molecule has 1 aliphatic heterocycles. The highest BCUT2D eigenvalue weighted by atomic mass is 127. The number of guanidine groups is 1. The number of benzene rings is 1. The van der Waals surface area contributed by atoms with Gasteiger partial charge in [0.15, 0.2) is 5.96 Å². The lowest BCUT2D eigenvalue weighted by atomic mass is 10.0. The smallest absolute Gasteiger partial charge is 0.191 e. The van der Waals surface area contributed by atoms with E-state index in [9.17, 15) is 4.39 Å². The Labute approximate surface area is 179 Å². The van der Waals surface area contributed by atoms with E-state index in [1.54, 1.807) is 12.1 Å². The number of nitrogens with one attached hydrogen (secondary N) is 2. The number of hydrogen-bond donors (Lipinski definition) is 2. The first-order valence-electron chi connectivity index (χ1n) is 10.2. The molecule has 2 aliphatic carbocycles. The summed E-state index contributed by atoms with van der Waals surface area (Å²) in [6, 6.07) is 8.73. The third-order valence-electron chi connectivity index (χ3n) is 6.35. The molecule has 2 atom stereocenters. The van der Waals surface area contributed by atoms with E-state index in [0.29, 0.717) is 6.04 Å². The number of aliphatic imine (C=N–C) groups is 1. The van der Waals surface area contributed by atoms with Gasteiger partial charge in [-0.25, -0.2) is 4.39 Å². The Hall–Kier alpha value is -0.890. The van der Waals surface area contributed by atoms with Crippen LogP contribution in [0.3, 0.4) is 0 Å². The minimum absolute atomic E-state index is 0. The molecular formula is C21H32FIN4. The van der Waals surface area contributed by atoms with Gasteiger partial charge in [-0.3, -0.25) is 4.99 Å². The quantitative estimate of drug-likeness (QED) is 0.386. The zero-order chi connectivity index (χ0) is 17.9. The van der Waals surface area contributed by atoms with Crippen LogP contribution in [0.2, 0.25) is 0 Å². The summed E-state index contributed by atoms with van der Waals surface area (Å²) >= 11 is 0. The third kappa shape index (κ3) is 5.13. The van der Waals surface area contributed by atoms with Crippen molar-refractivity contribution >= 4 is 29.9 Å². The Morgan fingerprint density at radius 3 is 2.44 bits per heavy atom. The highest BCUT2D eigenvalue weighted by Gasteiger charge is 2.40.